The number of rotatable bonds is 6. The van der Waals surface area contributed by atoms with E-state index in [1.807, 2.05) is 38.1 Å². The molecule has 0 fully saturated rings. The summed E-state index contributed by atoms with van der Waals surface area (Å²) in [5, 5.41) is 3.98. The summed E-state index contributed by atoms with van der Waals surface area (Å²) in [6.07, 6.45) is 0.776. The zero-order valence-electron chi connectivity index (χ0n) is 14.1. The van der Waals surface area contributed by atoms with Gasteiger partial charge < -0.3 is 10.1 Å². The summed E-state index contributed by atoms with van der Waals surface area (Å²) in [7, 11) is 0. The first-order valence-electron chi connectivity index (χ1n) is 8.11. The van der Waals surface area contributed by atoms with Crippen LogP contribution in [0.2, 0.25) is 0 Å². The van der Waals surface area contributed by atoms with E-state index in [4.69, 9.17) is 4.74 Å². The fraction of sp³-hybridized carbons (Fsp3) is 0.263. The van der Waals surface area contributed by atoms with Crippen molar-refractivity contribution in [1.29, 1.82) is 0 Å². The Labute approximate surface area is 159 Å². The fourth-order valence-corrected chi connectivity index (χ4v) is 3.88. The van der Waals surface area contributed by atoms with Gasteiger partial charge in [0.05, 0.1) is 21.3 Å². The molecule has 3 aromatic rings. The van der Waals surface area contributed by atoms with Gasteiger partial charge in [0.25, 0.3) is 5.91 Å². The summed E-state index contributed by atoms with van der Waals surface area (Å²) >= 11 is 5.09. The van der Waals surface area contributed by atoms with Gasteiger partial charge in [0.2, 0.25) is 0 Å². The number of carbonyl (C=O) groups is 1. The molecule has 0 bridgehead atoms. The van der Waals surface area contributed by atoms with E-state index < -0.39 is 0 Å². The lowest BCUT2D eigenvalue weighted by Crippen LogP contribution is -2.25. The fourth-order valence-electron chi connectivity index (χ4n) is 2.45. The Kier molecular flexibility index (Phi) is 5.71. The zero-order valence-corrected chi connectivity index (χ0v) is 16.5. The summed E-state index contributed by atoms with van der Waals surface area (Å²) in [4.78, 5) is 17.0. The van der Waals surface area contributed by atoms with Crippen LogP contribution in [-0.2, 0) is 6.42 Å². The Morgan fingerprint density at radius 3 is 2.84 bits per heavy atom. The first kappa shape index (κ1) is 17.9. The van der Waals surface area contributed by atoms with Crippen molar-refractivity contribution in [2.75, 3.05) is 6.54 Å². The molecule has 6 heteroatoms. The molecular weight excluding hydrogens is 400 g/mol. The third kappa shape index (κ3) is 4.80. The van der Waals surface area contributed by atoms with Crippen LogP contribution in [0.5, 0.6) is 5.75 Å². The maximum Gasteiger partial charge on any atom is 0.251 e. The van der Waals surface area contributed by atoms with Crippen molar-refractivity contribution in [3.8, 4) is 5.75 Å². The molecule has 0 unspecified atom stereocenters. The molecule has 130 valence electrons. The van der Waals surface area contributed by atoms with Crippen LogP contribution in [0.1, 0.15) is 29.2 Å². The number of aromatic nitrogens is 1. The SMILES string of the molecule is CC(C)Oc1cc(Br)cc(C(=O)NCCc2nc3ccccc3s2)c1. The van der Waals surface area contributed by atoms with Gasteiger partial charge in [-0.05, 0) is 44.2 Å². The molecule has 0 atom stereocenters. The third-order valence-electron chi connectivity index (χ3n) is 3.47. The van der Waals surface area contributed by atoms with Crippen molar-refractivity contribution in [3.63, 3.8) is 0 Å². The monoisotopic (exact) mass is 418 g/mol. The second kappa shape index (κ2) is 7.97. The molecule has 0 aliphatic heterocycles. The number of benzene rings is 2. The van der Waals surface area contributed by atoms with Gasteiger partial charge in [0.1, 0.15) is 5.75 Å². The lowest BCUT2D eigenvalue weighted by Gasteiger charge is -2.12. The number of halogens is 1. The number of hydrogen-bond donors (Lipinski definition) is 1. The van der Waals surface area contributed by atoms with Gasteiger partial charge >= 0.3 is 0 Å². The van der Waals surface area contributed by atoms with E-state index in [0.717, 1.165) is 15.0 Å². The van der Waals surface area contributed by atoms with Crippen LogP contribution in [0.3, 0.4) is 0 Å². The number of para-hydroxylation sites is 1. The summed E-state index contributed by atoms with van der Waals surface area (Å²) in [6.45, 7) is 4.46. The highest BCUT2D eigenvalue weighted by molar-refractivity contribution is 9.10. The van der Waals surface area contributed by atoms with Crippen LogP contribution in [0, 0.1) is 0 Å². The van der Waals surface area contributed by atoms with Crippen LogP contribution in [-0.4, -0.2) is 23.5 Å². The minimum Gasteiger partial charge on any atom is -0.491 e. The predicted molar refractivity (Wildman–Crippen MR) is 106 cm³/mol. The van der Waals surface area contributed by atoms with E-state index in [1.165, 1.54) is 4.70 Å². The van der Waals surface area contributed by atoms with Crippen LogP contribution in [0.15, 0.2) is 46.9 Å². The number of hydrogen-bond acceptors (Lipinski definition) is 4. The highest BCUT2D eigenvalue weighted by Crippen LogP contribution is 2.23. The number of thiazole rings is 1. The Balaban J connectivity index is 1.61. The first-order valence-corrected chi connectivity index (χ1v) is 9.72. The highest BCUT2D eigenvalue weighted by Gasteiger charge is 2.10. The van der Waals surface area contributed by atoms with Gasteiger partial charge in [-0.15, -0.1) is 11.3 Å². The van der Waals surface area contributed by atoms with Crippen molar-refractivity contribution in [1.82, 2.24) is 10.3 Å². The maximum atomic E-state index is 12.4. The second-order valence-corrected chi connectivity index (χ2v) is 7.95. The van der Waals surface area contributed by atoms with Crippen molar-refractivity contribution in [3.05, 3.63) is 57.5 Å². The molecule has 1 aromatic heterocycles. The Hall–Kier alpha value is -1.92. The molecule has 25 heavy (non-hydrogen) atoms. The predicted octanol–water partition coefficient (Wildman–Crippen LogP) is 4.82. The molecule has 0 aliphatic carbocycles. The number of nitrogens with one attached hydrogen (secondary N) is 1. The largest absolute Gasteiger partial charge is 0.491 e. The van der Waals surface area contributed by atoms with Gasteiger partial charge in [0.15, 0.2) is 0 Å². The lowest BCUT2D eigenvalue weighted by molar-refractivity contribution is 0.0953. The standard InChI is InChI=1S/C19H19BrN2O2S/c1-12(2)24-15-10-13(9-14(20)11-15)19(23)21-8-7-18-22-16-5-3-4-6-17(16)25-18/h3-6,9-12H,7-8H2,1-2H3,(H,21,23). The molecular formula is C19H19BrN2O2S. The van der Waals surface area contributed by atoms with Gasteiger partial charge in [0, 0.05) is 23.0 Å². The quantitative estimate of drug-likeness (QED) is 0.624. The Bertz CT molecular complexity index is 859. The molecule has 0 saturated heterocycles. The lowest BCUT2D eigenvalue weighted by atomic mass is 10.2. The summed E-state index contributed by atoms with van der Waals surface area (Å²) in [5.41, 5.74) is 1.59. The summed E-state index contributed by atoms with van der Waals surface area (Å²) < 4.78 is 7.67. The number of ether oxygens (including phenoxy) is 1. The van der Waals surface area contributed by atoms with Crippen molar-refractivity contribution in [2.45, 2.75) is 26.4 Å². The highest BCUT2D eigenvalue weighted by atomic mass is 79.9. The molecule has 1 N–H and O–H groups in total. The topological polar surface area (TPSA) is 51.2 Å². The first-order chi connectivity index (χ1) is 12.0. The van der Waals surface area contributed by atoms with Crippen molar-refractivity contribution >= 4 is 43.4 Å². The normalized spacial score (nSPS) is 11.0. The van der Waals surface area contributed by atoms with Crippen molar-refractivity contribution in [2.24, 2.45) is 0 Å². The number of carbonyl (C=O) groups excluding carboxylic acids is 1. The van der Waals surface area contributed by atoms with Gasteiger partial charge in [-0.2, -0.15) is 0 Å². The average Bonchev–Trinajstić information content (AvgIpc) is 2.96. The molecule has 4 nitrogen and oxygen atoms in total. The third-order valence-corrected chi connectivity index (χ3v) is 5.02. The van der Waals surface area contributed by atoms with Crippen molar-refractivity contribution < 1.29 is 9.53 Å². The molecule has 0 radical (unpaired) electrons. The van der Waals surface area contributed by atoms with E-state index in [1.54, 1.807) is 23.5 Å². The molecule has 0 saturated carbocycles. The molecule has 2 aromatic carbocycles. The number of nitrogens with zero attached hydrogens (tertiary/aromatic N) is 1. The van der Waals surface area contributed by atoms with E-state index in [-0.39, 0.29) is 12.0 Å². The van der Waals surface area contributed by atoms with E-state index >= 15 is 0 Å². The summed E-state index contributed by atoms with van der Waals surface area (Å²) in [6, 6.07) is 13.5. The van der Waals surface area contributed by atoms with E-state index in [0.29, 0.717) is 24.3 Å². The second-order valence-electron chi connectivity index (χ2n) is 5.92. The minimum atomic E-state index is -0.115. The number of amides is 1. The maximum absolute atomic E-state index is 12.4. The van der Waals surface area contributed by atoms with Gasteiger partial charge in [-0.1, -0.05) is 28.1 Å². The summed E-state index contributed by atoms with van der Waals surface area (Å²) in [5.74, 6) is 0.566. The average molecular weight is 419 g/mol. The van der Waals surface area contributed by atoms with E-state index in [2.05, 4.69) is 32.3 Å². The van der Waals surface area contributed by atoms with Crippen LogP contribution in [0.4, 0.5) is 0 Å². The molecule has 0 spiro atoms. The van der Waals surface area contributed by atoms with Gasteiger partial charge in [-0.25, -0.2) is 4.98 Å². The number of fused-ring (bicyclic) bond motifs is 1. The Morgan fingerprint density at radius 2 is 2.08 bits per heavy atom. The molecule has 1 amide bonds. The molecule has 3 rings (SSSR count). The van der Waals surface area contributed by atoms with E-state index in [9.17, 15) is 4.79 Å². The smallest absolute Gasteiger partial charge is 0.251 e. The Morgan fingerprint density at radius 1 is 1.28 bits per heavy atom. The van der Waals surface area contributed by atoms with Crippen LogP contribution < -0.4 is 10.1 Å². The van der Waals surface area contributed by atoms with Crippen LogP contribution >= 0.6 is 27.3 Å². The molecule has 1 heterocycles. The zero-order chi connectivity index (χ0) is 17.8. The van der Waals surface area contributed by atoms with Crippen LogP contribution in [0.25, 0.3) is 10.2 Å². The minimum absolute atomic E-state index is 0.0595. The molecule has 0 aliphatic rings. The van der Waals surface area contributed by atoms with Gasteiger partial charge in [-0.3, -0.25) is 4.79 Å².